The summed E-state index contributed by atoms with van der Waals surface area (Å²) in [5.41, 5.74) is 1.45. The normalized spacial score (nSPS) is 12.4. The molecule has 0 spiro atoms. The minimum Gasteiger partial charge on any atom is -0.391 e. The summed E-state index contributed by atoms with van der Waals surface area (Å²) in [6, 6.07) is 11.3. The van der Waals surface area contributed by atoms with Crippen LogP contribution in [-0.2, 0) is 13.0 Å². The minimum atomic E-state index is -0.633. The molecule has 0 aliphatic heterocycles. The molecule has 0 amide bonds. The first-order chi connectivity index (χ1) is 10.2. The summed E-state index contributed by atoms with van der Waals surface area (Å²) >= 11 is 0. The lowest BCUT2D eigenvalue weighted by atomic mass is 10.1. The molecule has 1 atom stereocenters. The monoisotopic (exact) mass is 281 g/mol. The van der Waals surface area contributed by atoms with Gasteiger partial charge in [-0.25, -0.2) is 4.98 Å². The molecule has 0 radical (unpaired) electrons. The first kappa shape index (κ1) is 13.5. The van der Waals surface area contributed by atoms with Crippen LogP contribution in [0.15, 0.2) is 59.9 Å². The summed E-state index contributed by atoms with van der Waals surface area (Å²) in [5, 5.41) is 10.7. The molecule has 0 bridgehead atoms. The van der Waals surface area contributed by atoms with E-state index < -0.39 is 6.10 Å². The van der Waals surface area contributed by atoms with Gasteiger partial charge in [-0.15, -0.1) is 0 Å². The van der Waals surface area contributed by atoms with Crippen LogP contribution in [0, 0.1) is 0 Å². The Kier molecular flexibility index (Phi) is 3.75. The summed E-state index contributed by atoms with van der Waals surface area (Å²) < 4.78 is 1.44. The van der Waals surface area contributed by atoms with E-state index in [0.717, 1.165) is 5.56 Å². The van der Waals surface area contributed by atoms with Crippen molar-refractivity contribution in [3.05, 3.63) is 71.0 Å². The fraction of sp³-hybridized carbons (Fsp3) is 0.188. The molecule has 1 aromatic carbocycles. The fourth-order valence-corrected chi connectivity index (χ4v) is 2.32. The average Bonchev–Trinajstić information content (AvgIpc) is 2.51. The number of fused-ring (bicyclic) bond motifs is 1. The van der Waals surface area contributed by atoms with Gasteiger partial charge in [-0.3, -0.25) is 14.3 Å². The smallest absolute Gasteiger partial charge is 0.261 e. The molecule has 1 N–H and O–H groups in total. The molecule has 5 nitrogen and oxygen atoms in total. The maximum atomic E-state index is 12.3. The molecule has 1 unspecified atom stereocenters. The Hall–Kier alpha value is -2.53. The summed E-state index contributed by atoms with van der Waals surface area (Å²) in [6.07, 6.45) is 4.45. The largest absolute Gasteiger partial charge is 0.391 e. The van der Waals surface area contributed by atoms with Crippen LogP contribution in [0.4, 0.5) is 0 Å². The lowest BCUT2D eigenvalue weighted by Crippen LogP contribution is -2.28. The van der Waals surface area contributed by atoms with Gasteiger partial charge in [0.1, 0.15) is 0 Å². The zero-order valence-corrected chi connectivity index (χ0v) is 11.4. The van der Waals surface area contributed by atoms with Crippen LogP contribution in [0.5, 0.6) is 0 Å². The Morgan fingerprint density at radius 2 is 2.00 bits per heavy atom. The van der Waals surface area contributed by atoms with Crippen molar-refractivity contribution in [3.63, 3.8) is 0 Å². The second-order valence-electron chi connectivity index (χ2n) is 4.94. The molecular weight excluding hydrogens is 266 g/mol. The topological polar surface area (TPSA) is 68.0 Å². The van der Waals surface area contributed by atoms with Crippen molar-refractivity contribution in [1.82, 2.24) is 14.5 Å². The van der Waals surface area contributed by atoms with Gasteiger partial charge in [-0.1, -0.05) is 30.3 Å². The van der Waals surface area contributed by atoms with Crippen LogP contribution in [-0.4, -0.2) is 25.7 Å². The van der Waals surface area contributed by atoms with Crippen molar-refractivity contribution in [3.8, 4) is 0 Å². The van der Waals surface area contributed by atoms with Crippen LogP contribution < -0.4 is 5.56 Å². The van der Waals surface area contributed by atoms with E-state index >= 15 is 0 Å². The Labute approximate surface area is 121 Å². The third kappa shape index (κ3) is 2.98. The Bertz CT molecular complexity index is 799. The van der Waals surface area contributed by atoms with Crippen molar-refractivity contribution < 1.29 is 5.11 Å². The second-order valence-corrected chi connectivity index (χ2v) is 4.94. The number of pyridine rings is 1. The van der Waals surface area contributed by atoms with Gasteiger partial charge in [0, 0.05) is 12.6 Å². The summed E-state index contributed by atoms with van der Waals surface area (Å²) in [6.45, 7) is 0.221. The molecule has 21 heavy (non-hydrogen) atoms. The number of benzene rings is 1. The van der Waals surface area contributed by atoms with E-state index in [2.05, 4.69) is 9.97 Å². The minimum absolute atomic E-state index is 0.158. The van der Waals surface area contributed by atoms with Crippen molar-refractivity contribution in [2.75, 3.05) is 0 Å². The van der Waals surface area contributed by atoms with E-state index in [1.807, 2.05) is 30.3 Å². The van der Waals surface area contributed by atoms with Gasteiger partial charge >= 0.3 is 0 Å². The van der Waals surface area contributed by atoms with Crippen LogP contribution >= 0.6 is 0 Å². The second kappa shape index (κ2) is 5.85. The summed E-state index contributed by atoms with van der Waals surface area (Å²) in [7, 11) is 0. The molecule has 2 heterocycles. The molecule has 3 aromatic rings. The molecular formula is C16H15N3O2. The first-order valence-corrected chi connectivity index (χ1v) is 6.75. The maximum Gasteiger partial charge on any atom is 0.261 e. The first-order valence-electron chi connectivity index (χ1n) is 6.75. The lowest BCUT2D eigenvalue weighted by Gasteiger charge is -2.12. The van der Waals surface area contributed by atoms with Crippen LogP contribution in [0.25, 0.3) is 10.9 Å². The molecule has 0 saturated carbocycles. The fourth-order valence-electron chi connectivity index (χ4n) is 2.32. The van der Waals surface area contributed by atoms with Gasteiger partial charge in [0.05, 0.1) is 36.1 Å². The van der Waals surface area contributed by atoms with Crippen LogP contribution in [0.1, 0.15) is 5.56 Å². The number of hydrogen-bond donors (Lipinski definition) is 1. The maximum absolute atomic E-state index is 12.3. The lowest BCUT2D eigenvalue weighted by molar-refractivity contribution is 0.152. The molecule has 0 aliphatic carbocycles. The number of aliphatic hydroxyl groups is 1. The quantitative estimate of drug-likeness (QED) is 0.785. The summed E-state index contributed by atoms with van der Waals surface area (Å²) in [4.78, 5) is 20.4. The predicted octanol–water partition coefficient (Wildman–Crippen LogP) is 1.40. The van der Waals surface area contributed by atoms with Crippen molar-refractivity contribution in [2.45, 2.75) is 19.1 Å². The molecule has 3 rings (SSSR count). The highest BCUT2D eigenvalue weighted by atomic mass is 16.3. The highest BCUT2D eigenvalue weighted by molar-refractivity contribution is 5.75. The average molecular weight is 281 g/mol. The zero-order chi connectivity index (χ0) is 14.7. The van der Waals surface area contributed by atoms with E-state index in [4.69, 9.17) is 0 Å². The van der Waals surface area contributed by atoms with Gasteiger partial charge < -0.3 is 5.11 Å². The van der Waals surface area contributed by atoms with E-state index in [9.17, 15) is 9.90 Å². The number of nitrogens with zero attached hydrogens (tertiary/aromatic N) is 3. The highest BCUT2D eigenvalue weighted by Gasteiger charge is 2.10. The highest BCUT2D eigenvalue weighted by Crippen LogP contribution is 2.06. The number of rotatable bonds is 4. The van der Waals surface area contributed by atoms with E-state index in [0.29, 0.717) is 17.3 Å². The predicted molar refractivity (Wildman–Crippen MR) is 80.0 cm³/mol. The standard InChI is InChI=1S/C16H15N3O2/c20-13(8-12-4-2-1-3-5-12)10-19-11-18-15-9-17-7-6-14(15)16(19)21/h1-7,9,11,13,20H,8,10H2. The van der Waals surface area contributed by atoms with Crippen molar-refractivity contribution in [1.29, 1.82) is 0 Å². The van der Waals surface area contributed by atoms with E-state index in [-0.39, 0.29) is 12.1 Å². The third-order valence-electron chi connectivity index (χ3n) is 3.35. The molecule has 0 saturated heterocycles. The Balaban J connectivity index is 1.82. The third-order valence-corrected chi connectivity index (χ3v) is 3.35. The Morgan fingerprint density at radius 3 is 2.81 bits per heavy atom. The van der Waals surface area contributed by atoms with Gasteiger partial charge in [-0.2, -0.15) is 0 Å². The number of aromatic nitrogens is 3. The van der Waals surface area contributed by atoms with Gasteiger partial charge in [0.2, 0.25) is 0 Å². The number of hydrogen-bond acceptors (Lipinski definition) is 4. The van der Waals surface area contributed by atoms with Crippen molar-refractivity contribution in [2.24, 2.45) is 0 Å². The zero-order valence-electron chi connectivity index (χ0n) is 11.4. The molecule has 0 aliphatic rings. The SMILES string of the molecule is O=c1c2ccncc2ncn1CC(O)Cc1ccccc1. The van der Waals surface area contributed by atoms with Crippen LogP contribution in [0.3, 0.4) is 0 Å². The van der Waals surface area contributed by atoms with E-state index in [1.54, 1.807) is 18.5 Å². The number of aliphatic hydroxyl groups excluding tert-OH is 1. The molecule has 0 fully saturated rings. The van der Waals surface area contributed by atoms with Gasteiger partial charge in [0.25, 0.3) is 5.56 Å². The molecule has 5 heteroatoms. The van der Waals surface area contributed by atoms with Crippen LogP contribution in [0.2, 0.25) is 0 Å². The van der Waals surface area contributed by atoms with Gasteiger partial charge in [-0.05, 0) is 11.6 Å². The Morgan fingerprint density at radius 1 is 1.19 bits per heavy atom. The van der Waals surface area contributed by atoms with Crippen molar-refractivity contribution >= 4 is 10.9 Å². The van der Waals surface area contributed by atoms with E-state index in [1.165, 1.54) is 10.9 Å². The molecule has 2 aromatic heterocycles. The van der Waals surface area contributed by atoms with Gasteiger partial charge in [0.15, 0.2) is 0 Å². The summed E-state index contributed by atoms with van der Waals surface area (Å²) in [5.74, 6) is 0. The molecule has 106 valence electrons.